The first-order chi connectivity index (χ1) is 18.3. The number of hydrogen-bond donors (Lipinski definition) is 1. The second kappa shape index (κ2) is 12.0. The van der Waals surface area contributed by atoms with Gasteiger partial charge in [-0.1, -0.05) is 29.8 Å². The van der Waals surface area contributed by atoms with Gasteiger partial charge in [0, 0.05) is 11.3 Å². The fraction of sp³-hybridized carbons (Fsp3) is 0.148. The number of halogens is 2. The Hall–Kier alpha value is -4.02. The van der Waals surface area contributed by atoms with Gasteiger partial charge in [-0.3, -0.25) is 19.3 Å². The van der Waals surface area contributed by atoms with E-state index in [1.54, 1.807) is 48.5 Å². The van der Waals surface area contributed by atoms with Crippen LogP contribution in [0.5, 0.6) is 17.2 Å². The number of anilines is 1. The third kappa shape index (κ3) is 6.27. The summed E-state index contributed by atoms with van der Waals surface area (Å²) >= 11 is 7.11. The molecular formula is C27H22ClFN2O6S. The number of carbonyl (C=O) groups is 3. The summed E-state index contributed by atoms with van der Waals surface area (Å²) in [6, 6.07) is 15.9. The minimum absolute atomic E-state index is 0.0699. The summed E-state index contributed by atoms with van der Waals surface area (Å²) in [7, 11) is 2.95. The SMILES string of the molecule is COc1ccc(NC(=O)CN2C(=O)S/C(=C/c3cc(Cl)c(OCc4ccccc4F)c(OC)c3)C2=O)cc1. The van der Waals surface area contributed by atoms with Gasteiger partial charge in [0.05, 0.1) is 24.1 Å². The van der Waals surface area contributed by atoms with Crippen molar-refractivity contribution in [2.45, 2.75) is 6.61 Å². The molecule has 0 saturated carbocycles. The van der Waals surface area contributed by atoms with Gasteiger partial charge in [-0.05, 0) is 65.9 Å². The van der Waals surface area contributed by atoms with E-state index < -0.39 is 29.4 Å². The number of nitrogens with one attached hydrogen (secondary N) is 1. The fourth-order valence-electron chi connectivity index (χ4n) is 3.53. The van der Waals surface area contributed by atoms with E-state index in [0.29, 0.717) is 34.3 Å². The topological polar surface area (TPSA) is 94.2 Å². The third-order valence-corrected chi connectivity index (χ3v) is 6.62. The summed E-state index contributed by atoms with van der Waals surface area (Å²) in [5, 5.41) is 2.24. The summed E-state index contributed by atoms with van der Waals surface area (Å²) in [6.45, 7) is -0.513. The molecule has 1 heterocycles. The molecule has 11 heteroatoms. The highest BCUT2D eigenvalue weighted by molar-refractivity contribution is 8.18. The average molecular weight is 557 g/mol. The summed E-state index contributed by atoms with van der Waals surface area (Å²) in [5.74, 6) is -0.455. The molecule has 0 aromatic heterocycles. The van der Waals surface area contributed by atoms with Crippen LogP contribution < -0.4 is 19.5 Å². The Morgan fingerprint density at radius 3 is 2.50 bits per heavy atom. The average Bonchev–Trinajstić information content (AvgIpc) is 3.16. The van der Waals surface area contributed by atoms with E-state index in [-0.39, 0.29) is 28.0 Å². The van der Waals surface area contributed by atoms with E-state index in [2.05, 4.69) is 5.32 Å². The highest BCUT2D eigenvalue weighted by atomic mass is 35.5. The van der Waals surface area contributed by atoms with Crippen LogP contribution in [-0.4, -0.2) is 42.7 Å². The maximum atomic E-state index is 13.9. The summed E-state index contributed by atoms with van der Waals surface area (Å²) in [6.07, 6.45) is 1.47. The molecule has 1 saturated heterocycles. The van der Waals surface area contributed by atoms with E-state index in [0.717, 1.165) is 4.90 Å². The van der Waals surface area contributed by atoms with Gasteiger partial charge in [-0.25, -0.2) is 4.39 Å². The normalized spacial score (nSPS) is 14.1. The van der Waals surface area contributed by atoms with Crippen LogP contribution in [0.1, 0.15) is 11.1 Å². The third-order valence-electron chi connectivity index (χ3n) is 5.43. The van der Waals surface area contributed by atoms with Crippen LogP contribution in [0, 0.1) is 5.82 Å². The maximum Gasteiger partial charge on any atom is 0.294 e. The zero-order valence-corrected chi connectivity index (χ0v) is 21.9. The first kappa shape index (κ1) is 27.0. The molecule has 1 aliphatic rings. The predicted octanol–water partition coefficient (Wildman–Crippen LogP) is 5.75. The van der Waals surface area contributed by atoms with Gasteiger partial charge in [-0.15, -0.1) is 0 Å². The van der Waals surface area contributed by atoms with Gasteiger partial charge in [-0.2, -0.15) is 0 Å². The first-order valence-corrected chi connectivity index (χ1v) is 12.4. The zero-order valence-electron chi connectivity index (χ0n) is 20.3. The Kier molecular flexibility index (Phi) is 8.55. The lowest BCUT2D eigenvalue weighted by Crippen LogP contribution is -2.36. The molecule has 3 aromatic carbocycles. The number of benzene rings is 3. The lowest BCUT2D eigenvalue weighted by atomic mass is 10.1. The molecule has 0 bridgehead atoms. The van der Waals surface area contributed by atoms with Crippen molar-refractivity contribution < 1.29 is 33.0 Å². The highest BCUT2D eigenvalue weighted by Crippen LogP contribution is 2.39. The van der Waals surface area contributed by atoms with Crippen LogP contribution in [0.4, 0.5) is 14.9 Å². The predicted molar refractivity (Wildman–Crippen MR) is 143 cm³/mol. The van der Waals surface area contributed by atoms with Gasteiger partial charge < -0.3 is 19.5 Å². The molecule has 1 aliphatic heterocycles. The largest absolute Gasteiger partial charge is 0.497 e. The molecule has 1 N–H and O–H groups in total. The van der Waals surface area contributed by atoms with Gasteiger partial charge in [0.15, 0.2) is 11.5 Å². The molecule has 196 valence electrons. The van der Waals surface area contributed by atoms with Crippen LogP contribution in [0.3, 0.4) is 0 Å². The summed E-state index contributed by atoms with van der Waals surface area (Å²) in [5.41, 5.74) is 1.31. The monoisotopic (exact) mass is 556 g/mol. The van der Waals surface area contributed by atoms with E-state index in [4.69, 9.17) is 25.8 Å². The second-order valence-electron chi connectivity index (χ2n) is 7.96. The molecule has 0 radical (unpaired) electrons. The standard InChI is InChI=1S/C27H22ClFN2O6S/c1-35-19-9-7-18(8-10-19)30-24(32)14-31-26(33)23(38-27(31)34)13-16-11-20(28)25(22(12-16)36-2)37-15-17-5-3-4-6-21(17)29/h3-13H,14-15H2,1-2H3,(H,30,32)/b23-13+. The van der Waals surface area contributed by atoms with Crippen molar-refractivity contribution in [3.63, 3.8) is 0 Å². The van der Waals surface area contributed by atoms with Crippen LogP contribution in [0.25, 0.3) is 6.08 Å². The smallest absolute Gasteiger partial charge is 0.294 e. The molecule has 3 aromatic rings. The van der Waals surface area contributed by atoms with E-state index >= 15 is 0 Å². The van der Waals surface area contributed by atoms with Crippen LogP contribution >= 0.6 is 23.4 Å². The minimum Gasteiger partial charge on any atom is -0.497 e. The van der Waals surface area contributed by atoms with Crippen LogP contribution in [-0.2, 0) is 16.2 Å². The lowest BCUT2D eigenvalue weighted by Gasteiger charge is -2.14. The highest BCUT2D eigenvalue weighted by Gasteiger charge is 2.36. The number of methoxy groups -OCH3 is 2. The number of nitrogens with zero attached hydrogens (tertiary/aromatic N) is 1. The number of rotatable bonds is 9. The molecule has 0 spiro atoms. The van der Waals surface area contributed by atoms with E-state index in [1.807, 2.05) is 0 Å². The minimum atomic E-state index is -0.611. The van der Waals surface area contributed by atoms with Gasteiger partial charge in [0.2, 0.25) is 5.91 Å². The van der Waals surface area contributed by atoms with Crippen molar-refractivity contribution in [2.75, 3.05) is 26.1 Å². The number of carbonyl (C=O) groups excluding carboxylic acids is 3. The van der Waals surface area contributed by atoms with Crippen LogP contribution in [0.15, 0.2) is 65.6 Å². The Bertz CT molecular complexity index is 1410. The Labute approximate surface area is 227 Å². The van der Waals surface area contributed by atoms with Gasteiger partial charge in [0.25, 0.3) is 11.1 Å². The van der Waals surface area contributed by atoms with Crippen molar-refractivity contribution in [1.82, 2.24) is 4.90 Å². The number of ether oxygens (including phenoxy) is 3. The van der Waals surface area contributed by atoms with Crippen molar-refractivity contribution in [3.8, 4) is 17.2 Å². The number of imide groups is 1. The Balaban J connectivity index is 1.46. The Morgan fingerprint density at radius 1 is 1.08 bits per heavy atom. The molecule has 8 nitrogen and oxygen atoms in total. The Morgan fingerprint density at radius 2 is 1.82 bits per heavy atom. The quantitative estimate of drug-likeness (QED) is 0.335. The second-order valence-corrected chi connectivity index (χ2v) is 9.36. The van der Waals surface area contributed by atoms with Gasteiger partial charge in [0.1, 0.15) is 24.7 Å². The maximum absolute atomic E-state index is 13.9. The van der Waals surface area contributed by atoms with Crippen molar-refractivity contribution in [1.29, 1.82) is 0 Å². The number of thioether (sulfide) groups is 1. The fourth-order valence-corrected chi connectivity index (χ4v) is 4.65. The molecule has 0 aliphatic carbocycles. The molecule has 1 fully saturated rings. The molecule has 3 amide bonds. The molecule has 38 heavy (non-hydrogen) atoms. The van der Waals surface area contributed by atoms with Crippen molar-refractivity contribution >= 4 is 52.2 Å². The summed E-state index contributed by atoms with van der Waals surface area (Å²) in [4.78, 5) is 38.8. The first-order valence-electron chi connectivity index (χ1n) is 11.2. The van der Waals surface area contributed by atoms with E-state index in [9.17, 15) is 18.8 Å². The molecule has 4 rings (SSSR count). The van der Waals surface area contributed by atoms with Crippen molar-refractivity contribution in [3.05, 3.63) is 87.5 Å². The molecular weight excluding hydrogens is 535 g/mol. The lowest BCUT2D eigenvalue weighted by molar-refractivity contribution is -0.127. The zero-order chi connectivity index (χ0) is 27.2. The molecule has 0 atom stereocenters. The van der Waals surface area contributed by atoms with Crippen molar-refractivity contribution in [2.24, 2.45) is 0 Å². The number of amides is 3. The van der Waals surface area contributed by atoms with Crippen LogP contribution in [0.2, 0.25) is 5.02 Å². The molecule has 0 unspecified atom stereocenters. The summed E-state index contributed by atoms with van der Waals surface area (Å²) < 4.78 is 30.1. The van der Waals surface area contributed by atoms with Gasteiger partial charge >= 0.3 is 0 Å². The van der Waals surface area contributed by atoms with E-state index in [1.165, 1.54) is 32.4 Å². The number of hydrogen-bond acceptors (Lipinski definition) is 7.